The van der Waals surface area contributed by atoms with Gasteiger partial charge < -0.3 is 9.84 Å². The molecule has 1 aromatic rings. The molecule has 1 N–H and O–H groups in total. The molecule has 1 aromatic carbocycles. The fraction of sp³-hybridized carbons (Fsp3) is 0.417. The van der Waals surface area contributed by atoms with Crippen LogP contribution in [0, 0.1) is 0 Å². The van der Waals surface area contributed by atoms with Gasteiger partial charge in [0.25, 0.3) is 0 Å². The van der Waals surface area contributed by atoms with Crippen molar-refractivity contribution in [3.05, 3.63) is 29.8 Å². The second-order valence-electron chi connectivity index (χ2n) is 3.82. The first-order valence-electron chi connectivity index (χ1n) is 5.47. The zero-order valence-electron chi connectivity index (χ0n) is 10.1. The van der Waals surface area contributed by atoms with Crippen molar-refractivity contribution in [1.29, 1.82) is 0 Å². The molecule has 0 aliphatic heterocycles. The van der Waals surface area contributed by atoms with E-state index < -0.39 is 21.4 Å². The maximum Gasteiger partial charge on any atom is 0.178 e. The number of hydrogen-bond donors (Lipinski definition) is 1. The molecule has 0 unspecified atom stereocenters. The molecule has 0 aliphatic carbocycles. The van der Waals surface area contributed by atoms with Gasteiger partial charge in [0.05, 0.1) is 12.9 Å². The van der Waals surface area contributed by atoms with E-state index in [9.17, 15) is 13.2 Å². The Morgan fingerprint density at radius 2 is 2.11 bits per heavy atom. The molecule has 6 heteroatoms. The molecule has 18 heavy (non-hydrogen) atoms. The van der Waals surface area contributed by atoms with Crippen LogP contribution in [0.15, 0.2) is 24.3 Å². The van der Waals surface area contributed by atoms with Gasteiger partial charge in [-0.15, -0.1) is 0 Å². The quantitative estimate of drug-likeness (QED) is 0.738. The number of Topliss-reactive ketones (excluding diaryl/α,β-unsaturated/α-hetero) is 1. The molecule has 5 nitrogen and oxygen atoms in total. The largest absolute Gasteiger partial charge is 0.497 e. The predicted molar refractivity (Wildman–Crippen MR) is 67.7 cm³/mol. The van der Waals surface area contributed by atoms with Crippen LogP contribution in [-0.2, 0) is 9.84 Å². The zero-order valence-corrected chi connectivity index (χ0v) is 10.9. The molecule has 0 saturated carbocycles. The molecule has 0 fully saturated rings. The summed E-state index contributed by atoms with van der Waals surface area (Å²) in [6.45, 7) is -0.202. The van der Waals surface area contributed by atoms with Gasteiger partial charge in [-0.2, -0.15) is 0 Å². The average molecular weight is 272 g/mol. The van der Waals surface area contributed by atoms with E-state index >= 15 is 0 Å². The third-order valence-corrected chi connectivity index (χ3v) is 3.97. The van der Waals surface area contributed by atoms with Crippen molar-refractivity contribution in [2.45, 2.75) is 6.42 Å². The Hall–Kier alpha value is -1.40. The Morgan fingerprint density at radius 3 is 2.72 bits per heavy atom. The Bertz CT molecular complexity index is 507. The summed E-state index contributed by atoms with van der Waals surface area (Å²) in [6, 6.07) is 6.36. The van der Waals surface area contributed by atoms with E-state index in [2.05, 4.69) is 0 Å². The Balaban J connectivity index is 2.76. The lowest BCUT2D eigenvalue weighted by molar-refractivity contribution is 0.102. The van der Waals surface area contributed by atoms with Crippen LogP contribution in [-0.4, -0.2) is 44.5 Å². The molecule has 100 valence electrons. The van der Waals surface area contributed by atoms with Gasteiger partial charge in [0.2, 0.25) is 0 Å². The molecule has 1 rings (SSSR count). The summed E-state index contributed by atoms with van der Waals surface area (Å²) in [5.74, 6) is -0.681. The minimum Gasteiger partial charge on any atom is -0.497 e. The van der Waals surface area contributed by atoms with Crippen molar-refractivity contribution in [3.63, 3.8) is 0 Å². The summed E-state index contributed by atoms with van der Waals surface area (Å²) >= 11 is 0. The van der Waals surface area contributed by atoms with Crippen molar-refractivity contribution < 1.29 is 23.1 Å². The summed E-state index contributed by atoms with van der Waals surface area (Å²) in [4.78, 5) is 11.8. The molecule has 0 heterocycles. The zero-order chi connectivity index (χ0) is 13.6. The summed E-state index contributed by atoms with van der Waals surface area (Å²) < 4.78 is 28.1. The van der Waals surface area contributed by atoms with Crippen LogP contribution in [0.2, 0.25) is 0 Å². The summed E-state index contributed by atoms with van der Waals surface area (Å²) in [6.07, 6.45) is 0.147. The van der Waals surface area contributed by atoms with Crippen molar-refractivity contribution in [1.82, 2.24) is 0 Å². The van der Waals surface area contributed by atoms with E-state index in [0.717, 1.165) is 0 Å². The number of carbonyl (C=O) groups excluding carboxylic acids is 1. The maximum atomic E-state index is 11.8. The summed E-state index contributed by atoms with van der Waals surface area (Å²) in [7, 11) is -1.99. The van der Waals surface area contributed by atoms with Crippen molar-refractivity contribution in [2.24, 2.45) is 0 Å². The van der Waals surface area contributed by atoms with Crippen LogP contribution in [0.4, 0.5) is 0 Å². The summed E-state index contributed by atoms with van der Waals surface area (Å²) in [5.41, 5.74) is 0.307. The first-order chi connectivity index (χ1) is 8.48. The molecule has 0 aromatic heterocycles. The van der Waals surface area contributed by atoms with E-state index in [4.69, 9.17) is 9.84 Å². The van der Waals surface area contributed by atoms with Gasteiger partial charge >= 0.3 is 0 Å². The van der Waals surface area contributed by atoms with Gasteiger partial charge in [0, 0.05) is 12.2 Å². The molecule has 0 bridgehead atoms. The minimum absolute atomic E-state index is 0.147. The van der Waals surface area contributed by atoms with Crippen molar-refractivity contribution in [2.75, 3.05) is 25.2 Å². The van der Waals surface area contributed by atoms with Crippen LogP contribution >= 0.6 is 0 Å². The van der Waals surface area contributed by atoms with E-state index in [1.165, 1.54) is 13.2 Å². The Labute approximate surface area is 106 Å². The topological polar surface area (TPSA) is 80.7 Å². The van der Waals surface area contributed by atoms with E-state index in [1.54, 1.807) is 18.2 Å². The predicted octanol–water partition coefficient (Wildman–Crippen LogP) is 0.675. The first-order valence-corrected chi connectivity index (χ1v) is 7.29. The summed E-state index contributed by atoms with van der Waals surface area (Å²) in [5, 5.41) is 8.58. The second-order valence-corrected chi connectivity index (χ2v) is 6.01. The third kappa shape index (κ3) is 4.46. The highest BCUT2D eigenvalue weighted by atomic mass is 32.2. The van der Waals surface area contributed by atoms with Gasteiger partial charge in [0.1, 0.15) is 11.5 Å². The van der Waals surface area contributed by atoms with E-state index in [0.29, 0.717) is 11.3 Å². The highest BCUT2D eigenvalue weighted by Crippen LogP contribution is 2.13. The van der Waals surface area contributed by atoms with Gasteiger partial charge in [-0.1, -0.05) is 12.1 Å². The lowest BCUT2D eigenvalue weighted by Gasteiger charge is -2.05. The van der Waals surface area contributed by atoms with Crippen LogP contribution in [0.25, 0.3) is 0 Å². The highest BCUT2D eigenvalue weighted by molar-refractivity contribution is 7.92. The molecule has 0 radical (unpaired) electrons. The second kappa shape index (κ2) is 6.51. The number of benzene rings is 1. The van der Waals surface area contributed by atoms with Crippen molar-refractivity contribution in [3.8, 4) is 5.75 Å². The van der Waals surface area contributed by atoms with Gasteiger partial charge in [-0.3, -0.25) is 4.79 Å². The molecular weight excluding hydrogens is 256 g/mol. The molecule has 0 saturated heterocycles. The number of hydrogen-bond acceptors (Lipinski definition) is 5. The fourth-order valence-electron chi connectivity index (χ4n) is 1.44. The number of aliphatic hydroxyl groups is 1. The maximum absolute atomic E-state index is 11.8. The van der Waals surface area contributed by atoms with Gasteiger partial charge in [0.15, 0.2) is 15.6 Å². The Morgan fingerprint density at radius 1 is 1.39 bits per heavy atom. The highest BCUT2D eigenvalue weighted by Gasteiger charge is 2.17. The molecular formula is C12H16O5S. The molecule has 0 amide bonds. The lowest BCUT2D eigenvalue weighted by atomic mass is 10.1. The van der Waals surface area contributed by atoms with Crippen LogP contribution in [0.3, 0.4) is 0 Å². The lowest BCUT2D eigenvalue weighted by Crippen LogP contribution is -2.19. The third-order valence-electron chi connectivity index (χ3n) is 2.36. The van der Waals surface area contributed by atoms with E-state index in [1.807, 2.05) is 0 Å². The van der Waals surface area contributed by atoms with E-state index in [-0.39, 0.29) is 18.8 Å². The van der Waals surface area contributed by atoms with Crippen LogP contribution in [0.1, 0.15) is 16.8 Å². The molecule has 0 spiro atoms. The normalized spacial score (nSPS) is 11.2. The number of rotatable bonds is 7. The Kier molecular flexibility index (Phi) is 5.30. The molecule has 0 aliphatic rings. The van der Waals surface area contributed by atoms with Gasteiger partial charge in [-0.25, -0.2) is 8.42 Å². The monoisotopic (exact) mass is 272 g/mol. The van der Waals surface area contributed by atoms with Crippen LogP contribution < -0.4 is 4.74 Å². The van der Waals surface area contributed by atoms with Crippen molar-refractivity contribution >= 4 is 15.6 Å². The fourth-order valence-corrected chi connectivity index (χ4v) is 2.72. The minimum atomic E-state index is -3.46. The number of aliphatic hydroxyl groups excluding tert-OH is 1. The number of sulfone groups is 1. The number of ether oxygens (including phenoxy) is 1. The van der Waals surface area contributed by atoms with Crippen LogP contribution in [0.5, 0.6) is 5.75 Å². The SMILES string of the molecule is COc1cccc(C(=O)CS(=O)(=O)CCCO)c1. The number of ketones is 1. The average Bonchev–Trinajstić information content (AvgIpc) is 2.36. The number of methoxy groups -OCH3 is 1. The van der Waals surface area contributed by atoms with Gasteiger partial charge in [-0.05, 0) is 18.6 Å². The smallest absolute Gasteiger partial charge is 0.178 e. The standard InChI is InChI=1S/C12H16O5S/c1-17-11-5-2-4-10(8-11)12(14)9-18(15,16)7-3-6-13/h2,4-5,8,13H,3,6-7,9H2,1H3. The number of carbonyl (C=O) groups is 1. The molecule has 0 atom stereocenters. The first kappa shape index (κ1) is 14.7.